The topological polar surface area (TPSA) is 63.2 Å². The molecule has 1 fully saturated rings. The first-order valence-electron chi connectivity index (χ1n) is 10.7. The number of carbonyl (C=O) groups excluding carboxylic acids is 3. The number of nitrogens with one attached hydrogen (secondary N) is 1. The van der Waals surface area contributed by atoms with Gasteiger partial charge < -0.3 is 0 Å². The van der Waals surface area contributed by atoms with Crippen LogP contribution in [0, 0.1) is 11.8 Å². The molecule has 3 aromatic rings. The summed E-state index contributed by atoms with van der Waals surface area (Å²) in [6.07, 6.45) is 3.27. The number of imide groups is 1. The Labute approximate surface area is 200 Å². The Morgan fingerprint density at radius 3 is 2.15 bits per heavy atom. The van der Waals surface area contributed by atoms with Gasteiger partial charge in [0, 0.05) is 16.5 Å². The molecule has 0 radical (unpaired) electrons. The van der Waals surface area contributed by atoms with Crippen molar-refractivity contribution in [2.75, 3.05) is 0 Å². The number of halogens is 2. The minimum absolute atomic E-state index is 0.203. The number of rotatable bonds is 3. The molecule has 1 heterocycles. The summed E-state index contributed by atoms with van der Waals surface area (Å²) in [6.45, 7) is 0. The molecule has 1 N–H and O–H groups in total. The van der Waals surface area contributed by atoms with Gasteiger partial charge in [0.1, 0.15) is 0 Å². The predicted molar refractivity (Wildman–Crippen MR) is 126 cm³/mol. The van der Waals surface area contributed by atoms with Crippen LogP contribution in [-0.2, 0) is 15.0 Å². The maximum atomic E-state index is 13.2. The van der Waals surface area contributed by atoms with Crippen molar-refractivity contribution < 1.29 is 14.4 Å². The number of hydrogen-bond acceptors (Lipinski definition) is 3. The van der Waals surface area contributed by atoms with Gasteiger partial charge in [-0.3, -0.25) is 19.7 Å². The fraction of sp³-hybridized carbons (Fsp3) is 0.148. The molecule has 1 aliphatic heterocycles. The van der Waals surface area contributed by atoms with E-state index in [4.69, 9.17) is 23.2 Å². The minimum atomic E-state index is -0.947. The fourth-order valence-electron chi connectivity index (χ4n) is 6.02. The molecule has 162 valence electrons. The normalized spacial score (nSPS) is 26.7. The second kappa shape index (κ2) is 7.14. The molecule has 4 nitrogen and oxygen atoms in total. The lowest BCUT2D eigenvalue weighted by atomic mass is 9.47. The summed E-state index contributed by atoms with van der Waals surface area (Å²) in [5, 5.41) is 3.26. The molecule has 2 amide bonds. The van der Waals surface area contributed by atoms with Crippen LogP contribution in [0.25, 0.3) is 0 Å². The van der Waals surface area contributed by atoms with Crippen LogP contribution < -0.4 is 5.32 Å². The lowest BCUT2D eigenvalue weighted by Crippen LogP contribution is -2.52. The number of benzene rings is 3. The molecule has 0 aromatic heterocycles. The number of carbonyl (C=O) groups is 3. The van der Waals surface area contributed by atoms with Crippen LogP contribution in [0.2, 0.25) is 10.0 Å². The first kappa shape index (κ1) is 20.4. The molecule has 33 heavy (non-hydrogen) atoms. The highest BCUT2D eigenvalue weighted by Gasteiger charge is 2.65. The summed E-state index contributed by atoms with van der Waals surface area (Å²) in [7, 11) is 0. The molecule has 6 heteroatoms. The average molecular weight is 474 g/mol. The second-order valence-electron chi connectivity index (χ2n) is 8.70. The molecule has 4 aliphatic rings. The molecule has 2 unspecified atom stereocenters. The zero-order valence-electron chi connectivity index (χ0n) is 17.2. The summed E-state index contributed by atoms with van der Waals surface area (Å²) in [4.78, 5) is 39.3. The van der Waals surface area contributed by atoms with E-state index in [1.807, 2.05) is 48.5 Å². The number of hydrogen-bond donors (Lipinski definition) is 1. The predicted octanol–water partition coefficient (Wildman–Crippen LogP) is 5.07. The monoisotopic (exact) mass is 473 g/mol. The van der Waals surface area contributed by atoms with Crippen molar-refractivity contribution >= 4 is 40.8 Å². The molecule has 0 spiro atoms. The van der Waals surface area contributed by atoms with E-state index in [0.29, 0.717) is 10.6 Å². The second-order valence-corrected chi connectivity index (χ2v) is 9.54. The third kappa shape index (κ3) is 2.68. The molecule has 7 rings (SSSR count). The first-order chi connectivity index (χ1) is 15.9. The largest absolute Gasteiger partial charge is 0.296 e. The highest BCUT2D eigenvalue weighted by Crippen LogP contribution is 2.63. The van der Waals surface area contributed by atoms with E-state index in [-0.39, 0.29) is 28.5 Å². The van der Waals surface area contributed by atoms with Gasteiger partial charge in [0.2, 0.25) is 11.8 Å². The third-order valence-electron chi connectivity index (χ3n) is 7.22. The molecule has 0 saturated carbocycles. The SMILES string of the molecule is O=C(/C=C/C12c3ccccc3C(c3ccccc31)C1C(=O)NC(=O)C12)c1ccc(Cl)cc1Cl. The lowest BCUT2D eigenvalue weighted by Gasteiger charge is -2.53. The van der Waals surface area contributed by atoms with Gasteiger partial charge in [0.05, 0.1) is 22.3 Å². The number of amides is 2. The number of ketones is 1. The molecular formula is C27H17Cl2NO3. The van der Waals surface area contributed by atoms with Crippen LogP contribution in [0.4, 0.5) is 0 Å². The Kier molecular flexibility index (Phi) is 4.42. The molecule has 1 saturated heterocycles. The van der Waals surface area contributed by atoms with Crippen molar-refractivity contribution in [3.05, 3.63) is 117 Å². The van der Waals surface area contributed by atoms with E-state index in [2.05, 4.69) is 5.32 Å². The standard InChI is InChI=1S/C27H17Cl2NO3/c28-14-9-10-17(20(29)13-14)21(31)11-12-27-18-7-3-1-5-15(18)22(16-6-2-4-8-19(16)27)23-24(27)26(33)30-25(23)32/h1-13,22-24H,(H,30,32,33)/b12-11+. The van der Waals surface area contributed by atoms with E-state index in [1.54, 1.807) is 18.2 Å². The maximum Gasteiger partial charge on any atom is 0.232 e. The van der Waals surface area contributed by atoms with Crippen LogP contribution in [0.5, 0.6) is 0 Å². The van der Waals surface area contributed by atoms with Crippen molar-refractivity contribution in [3.63, 3.8) is 0 Å². The summed E-state index contributed by atoms with van der Waals surface area (Å²) in [5.41, 5.74) is 3.31. The van der Waals surface area contributed by atoms with Gasteiger partial charge in [-0.05, 0) is 46.5 Å². The van der Waals surface area contributed by atoms with Gasteiger partial charge >= 0.3 is 0 Å². The van der Waals surface area contributed by atoms with E-state index >= 15 is 0 Å². The van der Waals surface area contributed by atoms with Crippen LogP contribution in [0.3, 0.4) is 0 Å². The Morgan fingerprint density at radius 1 is 0.879 bits per heavy atom. The van der Waals surface area contributed by atoms with Gasteiger partial charge in [0.25, 0.3) is 0 Å². The van der Waals surface area contributed by atoms with Crippen LogP contribution in [-0.4, -0.2) is 17.6 Å². The Hall–Kier alpha value is -3.21. The smallest absolute Gasteiger partial charge is 0.232 e. The van der Waals surface area contributed by atoms with Gasteiger partial charge in [-0.2, -0.15) is 0 Å². The van der Waals surface area contributed by atoms with E-state index in [1.165, 1.54) is 12.1 Å². The van der Waals surface area contributed by atoms with Crippen molar-refractivity contribution in [2.45, 2.75) is 11.3 Å². The minimum Gasteiger partial charge on any atom is -0.296 e. The quantitative estimate of drug-likeness (QED) is 0.328. The summed E-state index contributed by atoms with van der Waals surface area (Å²) < 4.78 is 0. The summed E-state index contributed by atoms with van der Waals surface area (Å²) >= 11 is 12.3. The first-order valence-corrected chi connectivity index (χ1v) is 11.4. The van der Waals surface area contributed by atoms with Crippen LogP contribution >= 0.6 is 23.2 Å². The van der Waals surface area contributed by atoms with E-state index in [9.17, 15) is 14.4 Å². The maximum absolute atomic E-state index is 13.2. The van der Waals surface area contributed by atoms with Gasteiger partial charge in [0.15, 0.2) is 5.78 Å². The molecule has 3 aliphatic carbocycles. The van der Waals surface area contributed by atoms with Crippen LogP contribution in [0.1, 0.15) is 38.5 Å². The van der Waals surface area contributed by atoms with Crippen molar-refractivity contribution in [2.24, 2.45) is 11.8 Å². The molecule has 2 atom stereocenters. The Bertz CT molecular complexity index is 1360. The van der Waals surface area contributed by atoms with E-state index < -0.39 is 17.3 Å². The van der Waals surface area contributed by atoms with Gasteiger partial charge in [-0.15, -0.1) is 0 Å². The zero-order valence-corrected chi connectivity index (χ0v) is 18.7. The Morgan fingerprint density at radius 2 is 1.52 bits per heavy atom. The number of allylic oxidation sites excluding steroid dienone is 2. The van der Waals surface area contributed by atoms with Gasteiger partial charge in [-0.25, -0.2) is 0 Å². The summed E-state index contributed by atoms with van der Waals surface area (Å²) in [6, 6.07) is 20.5. The third-order valence-corrected chi connectivity index (χ3v) is 7.77. The fourth-order valence-corrected chi connectivity index (χ4v) is 6.53. The molecule has 3 aromatic carbocycles. The molecular weight excluding hydrogens is 457 g/mol. The van der Waals surface area contributed by atoms with Gasteiger partial charge in [-0.1, -0.05) is 77.8 Å². The average Bonchev–Trinajstić information content (AvgIpc) is 3.12. The highest BCUT2D eigenvalue weighted by molar-refractivity contribution is 6.37. The lowest BCUT2D eigenvalue weighted by molar-refractivity contribution is -0.126. The van der Waals surface area contributed by atoms with Crippen LogP contribution in [0.15, 0.2) is 78.9 Å². The molecule has 2 bridgehead atoms. The van der Waals surface area contributed by atoms with Crippen molar-refractivity contribution in [1.29, 1.82) is 0 Å². The highest BCUT2D eigenvalue weighted by atomic mass is 35.5. The summed E-state index contributed by atoms with van der Waals surface area (Å²) in [5.74, 6) is -2.23. The zero-order chi connectivity index (χ0) is 22.9. The Balaban J connectivity index is 1.60. The van der Waals surface area contributed by atoms with Crippen molar-refractivity contribution in [3.8, 4) is 0 Å². The van der Waals surface area contributed by atoms with E-state index in [0.717, 1.165) is 22.3 Å². The van der Waals surface area contributed by atoms with Crippen molar-refractivity contribution in [1.82, 2.24) is 5.32 Å².